The minimum atomic E-state index is -0.608. The third kappa shape index (κ3) is 5.95. The number of hydrogen-bond donors (Lipinski definition) is 2. The third-order valence-corrected chi connectivity index (χ3v) is 9.71. The molecule has 2 amide bonds. The molecule has 2 atom stereocenters. The van der Waals surface area contributed by atoms with E-state index in [-0.39, 0.29) is 39.8 Å². The van der Waals surface area contributed by atoms with Crippen LogP contribution in [0.25, 0.3) is 27.4 Å². The summed E-state index contributed by atoms with van der Waals surface area (Å²) < 4.78 is 24.6. The van der Waals surface area contributed by atoms with Gasteiger partial charge in [0.1, 0.15) is 16.8 Å². The van der Waals surface area contributed by atoms with Gasteiger partial charge in [0.15, 0.2) is 17.3 Å². The molecule has 246 valence electrons. The molecule has 0 spiro atoms. The fourth-order valence-corrected chi connectivity index (χ4v) is 7.38. The summed E-state index contributed by atoms with van der Waals surface area (Å²) in [6.45, 7) is 8.45. The number of amides is 2. The van der Waals surface area contributed by atoms with Gasteiger partial charge in [0, 0.05) is 44.3 Å². The molecule has 2 fully saturated rings. The lowest BCUT2D eigenvalue weighted by molar-refractivity contribution is -0.123. The van der Waals surface area contributed by atoms with Crippen LogP contribution in [0.1, 0.15) is 63.2 Å². The van der Waals surface area contributed by atoms with Crippen molar-refractivity contribution in [3.05, 3.63) is 70.3 Å². The zero-order valence-electron chi connectivity index (χ0n) is 27.5. The van der Waals surface area contributed by atoms with E-state index in [1.807, 2.05) is 62.1 Å². The minimum Gasteiger partial charge on any atom is -0.451 e. The first-order valence-electron chi connectivity index (χ1n) is 16.6. The number of carbonyl (C=O) groups is 2. The minimum absolute atomic E-state index is 0.0309. The Morgan fingerprint density at radius 3 is 2.55 bits per heavy atom. The predicted octanol–water partition coefficient (Wildman–Crippen LogP) is 5.73. The van der Waals surface area contributed by atoms with Gasteiger partial charge < -0.3 is 29.7 Å². The molecular weight excluding hydrogens is 597 g/mol. The van der Waals surface area contributed by atoms with Gasteiger partial charge in [0.25, 0.3) is 5.91 Å². The number of nitrogens with zero attached hydrogens (tertiary/aromatic N) is 3. The van der Waals surface area contributed by atoms with Crippen molar-refractivity contribution in [2.75, 3.05) is 38.1 Å². The maximum absolute atomic E-state index is 16.3. The highest BCUT2D eigenvalue weighted by molar-refractivity contribution is 6.02. The molecule has 9 nitrogen and oxygen atoms in total. The molecule has 3 aliphatic rings. The summed E-state index contributed by atoms with van der Waals surface area (Å²) in [5.74, 6) is -0.384. The highest BCUT2D eigenvalue weighted by Gasteiger charge is 2.34. The van der Waals surface area contributed by atoms with Gasteiger partial charge in [-0.1, -0.05) is 45.0 Å². The zero-order chi connectivity index (χ0) is 33.0. The van der Waals surface area contributed by atoms with E-state index in [9.17, 15) is 14.4 Å². The molecule has 2 unspecified atom stereocenters. The lowest BCUT2D eigenvalue weighted by Crippen LogP contribution is -2.38. The van der Waals surface area contributed by atoms with Crippen molar-refractivity contribution in [3.63, 3.8) is 0 Å². The summed E-state index contributed by atoms with van der Waals surface area (Å²) in [5.41, 5.74) is 0.593. The normalized spacial score (nSPS) is 19.2. The van der Waals surface area contributed by atoms with Crippen molar-refractivity contribution in [2.24, 2.45) is 5.41 Å². The van der Waals surface area contributed by atoms with Crippen LogP contribution in [0.15, 0.2) is 53.5 Å². The molecule has 3 aliphatic heterocycles. The smallest absolute Gasteiger partial charge is 0.256 e. The van der Waals surface area contributed by atoms with Gasteiger partial charge in [-0.2, -0.15) is 0 Å². The molecule has 0 bridgehead atoms. The van der Waals surface area contributed by atoms with E-state index in [1.165, 1.54) is 6.07 Å². The number of benzene rings is 3. The maximum atomic E-state index is 16.3. The Morgan fingerprint density at radius 2 is 1.83 bits per heavy atom. The van der Waals surface area contributed by atoms with E-state index in [4.69, 9.17) is 4.74 Å². The second-order valence-electron chi connectivity index (χ2n) is 14.5. The van der Waals surface area contributed by atoms with Crippen LogP contribution in [0.4, 0.5) is 10.1 Å². The van der Waals surface area contributed by atoms with Crippen LogP contribution in [-0.2, 0) is 4.79 Å². The van der Waals surface area contributed by atoms with Crippen LogP contribution in [0.5, 0.6) is 11.5 Å². The summed E-state index contributed by atoms with van der Waals surface area (Å²) in [5, 5.41) is 8.05. The SMILES string of the molecule is CN1CCCC1CCNC(=O)c1cn2c3c(c(N4CCC(NC(=O)CC(C)(C)C)C4)c(F)cc3c1=O)Oc1cc3ccccc3cc1-2. The van der Waals surface area contributed by atoms with Crippen LogP contribution < -0.4 is 25.7 Å². The van der Waals surface area contributed by atoms with Gasteiger partial charge in [0.05, 0.1) is 11.1 Å². The second kappa shape index (κ2) is 12.0. The van der Waals surface area contributed by atoms with Crippen LogP contribution in [-0.4, -0.2) is 66.6 Å². The number of likely N-dealkylation sites (tertiary alicyclic amines) is 1. The Hall–Kier alpha value is -4.44. The van der Waals surface area contributed by atoms with Gasteiger partial charge >= 0.3 is 0 Å². The molecule has 4 heterocycles. The number of anilines is 1. The van der Waals surface area contributed by atoms with Crippen molar-refractivity contribution in [1.82, 2.24) is 20.1 Å². The summed E-state index contributed by atoms with van der Waals surface area (Å²) >= 11 is 0. The lowest BCUT2D eigenvalue weighted by atomic mass is 9.92. The van der Waals surface area contributed by atoms with E-state index in [0.29, 0.717) is 55.5 Å². The molecule has 0 aliphatic carbocycles. The van der Waals surface area contributed by atoms with Crippen molar-refractivity contribution in [1.29, 1.82) is 0 Å². The van der Waals surface area contributed by atoms with Gasteiger partial charge in [0.2, 0.25) is 11.3 Å². The summed E-state index contributed by atoms with van der Waals surface area (Å²) in [6.07, 6.45) is 5.64. The standard InChI is InChI=1S/C37H42FN5O4/c1-37(2,3)19-31(44)40-24-12-15-42(20-24)33-28(38)18-26-32-35(33)47-30-17-23-9-6-5-8-22(23)16-29(30)43(32)21-27(34(26)45)36(46)39-13-11-25-10-7-14-41(25)4/h5-6,8-9,16-18,21,24-25H,7,10-15,19-20H2,1-4H3,(H,39,46)(H,40,44). The molecule has 1 aromatic heterocycles. The summed E-state index contributed by atoms with van der Waals surface area (Å²) in [4.78, 5) is 44.3. The largest absolute Gasteiger partial charge is 0.451 e. The number of pyridine rings is 1. The van der Waals surface area contributed by atoms with E-state index in [0.717, 1.165) is 36.6 Å². The Bertz CT molecular complexity index is 1970. The van der Waals surface area contributed by atoms with Crippen molar-refractivity contribution >= 4 is 39.2 Å². The molecule has 2 N–H and O–H groups in total. The summed E-state index contributed by atoms with van der Waals surface area (Å²) in [7, 11) is 2.09. The molecule has 7 rings (SSSR count). The van der Waals surface area contributed by atoms with Gasteiger partial charge in [-0.15, -0.1) is 0 Å². The monoisotopic (exact) mass is 639 g/mol. The number of hydrogen-bond acceptors (Lipinski definition) is 6. The van der Waals surface area contributed by atoms with Crippen molar-refractivity contribution in [2.45, 2.75) is 65.0 Å². The average Bonchev–Trinajstić information content (AvgIpc) is 3.64. The fourth-order valence-electron chi connectivity index (χ4n) is 7.38. The maximum Gasteiger partial charge on any atom is 0.256 e. The lowest BCUT2D eigenvalue weighted by Gasteiger charge is -2.29. The Labute approximate surface area is 273 Å². The summed E-state index contributed by atoms with van der Waals surface area (Å²) in [6, 6.07) is 13.2. The number of rotatable bonds is 7. The number of halogens is 1. The number of fused-ring (bicyclic) bond motifs is 3. The fraction of sp³-hybridized carbons (Fsp3) is 0.432. The predicted molar refractivity (Wildman–Crippen MR) is 183 cm³/mol. The topological polar surface area (TPSA) is 95.9 Å². The molecular formula is C37H42FN5O4. The Balaban J connectivity index is 1.28. The van der Waals surface area contributed by atoms with E-state index in [1.54, 1.807) is 10.8 Å². The van der Waals surface area contributed by atoms with Crippen molar-refractivity contribution in [3.8, 4) is 17.2 Å². The van der Waals surface area contributed by atoms with E-state index >= 15 is 4.39 Å². The first kappa shape index (κ1) is 31.2. The van der Waals surface area contributed by atoms with Crippen molar-refractivity contribution < 1.29 is 18.7 Å². The third-order valence-electron chi connectivity index (χ3n) is 9.71. The Kier molecular flexibility index (Phi) is 7.94. The molecule has 4 aromatic rings. The van der Waals surface area contributed by atoms with Gasteiger partial charge in [-0.25, -0.2) is 4.39 Å². The number of ether oxygens (including phenoxy) is 1. The first-order valence-corrected chi connectivity index (χ1v) is 16.6. The Morgan fingerprint density at radius 1 is 1.06 bits per heavy atom. The number of aromatic nitrogens is 1. The highest BCUT2D eigenvalue weighted by Crippen LogP contribution is 2.48. The zero-order valence-corrected chi connectivity index (χ0v) is 27.5. The van der Waals surface area contributed by atoms with Crippen LogP contribution >= 0.6 is 0 Å². The second-order valence-corrected chi connectivity index (χ2v) is 14.5. The molecule has 0 saturated carbocycles. The number of nitrogens with one attached hydrogen (secondary N) is 2. The van der Waals surface area contributed by atoms with Gasteiger partial charge in [-0.05, 0) is 73.7 Å². The van der Waals surface area contributed by atoms with Crippen LogP contribution in [0.2, 0.25) is 0 Å². The van der Waals surface area contributed by atoms with Gasteiger partial charge in [-0.3, -0.25) is 14.4 Å². The van der Waals surface area contributed by atoms with E-state index in [2.05, 4.69) is 22.6 Å². The molecule has 0 radical (unpaired) electrons. The molecule has 10 heteroatoms. The van der Waals surface area contributed by atoms with Crippen LogP contribution in [0.3, 0.4) is 0 Å². The molecule has 2 saturated heterocycles. The van der Waals surface area contributed by atoms with E-state index < -0.39 is 17.2 Å². The molecule has 47 heavy (non-hydrogen) atoms. The molecule has 3 aromatic carbocycles. The van der Waals surface area contributed by atoms with Crippen LogP contribution in [0, 0.1) is 11.2 Å². The number of carbonyl (C=O) groups excluding carboxylic acids is 2. The average molecular weight is 640 g/mol. The first-order chi connectivity index (χ1) is 22.5. The quantitative estimate of drug-likeness (QED) is 0.236. The highest BCUT2D eigenvalue weighted by atomic mass is 19.1.